The van der Waals surface area contributed by atoms with Crippen molar-refractivity contribution in [3.63, 3.8) is 0 Å². The number of ether oxygens (including phenoxy) is 1. The van der Waals surface area contributed by atoms with Crippen LogP contribution in [0.1, 0.15) is 35.7 Å². The second kappa shape index (κ2) is 8.88. The molecule has 31 heavy (non-hydrogen) atoms. The first kappa shape index (κ1) is 21.6. The van der Waals surface area contributed by atoms with Crippen molar-refractivity contribution in [2.45, 2.75) is 37.1 Å². The maximum absolute atomic E-state index is 13.4. The van der Waals surface area contributed by atoms with Gasteiger partial charge in [0.25, 0.3) is 15.9 Å². The Bertz CT molecular complexity index is 1070. The maximum atomic E-state index is 13.4. The molecule has 4 rings (SSSR count). The number of sulfonamides is 1. The molecule has 2 heterocycles. The number of hydrogen-bond donors (Lipinski definition) is 1. The summed E-state index contributed by atoms with van der Waals surface area (Å²) < 4.78 is 33.5. The van der Waals surface area contributed by atoms with Crippen molar-refractivity contribution in [3.05, 3.63) is 53.6 Å². The highest BCUT2D eigenvalue weighted by Crippen LogP contribution is 2.34. The molecule has 2 aromatic carbocycles. The number of fused-ring (bicyclic) bond motifs is 1. The number of amides is 1. The van der Waals surface area contributed by atoms with Gasteiger partial charge in [0.1, 0.15) is 5.75 Å². The van der Waals surface area contributed by atoms with E-state index >= 15 is 0 Å². The van der Waals surface area contributed by atoms with Gasteiger partial charge >= 0.3 is 0 Å². The number of hydrogen-bond acceptors (Lipinski definition) is 5. The third kappa shape index (κ3) is 4.14. The minimum atomic E-state index is -3.79. The molecule has 166 valence electrons. The van der Waals surface area contributed by atoms with Crippen molar-refractivity contribution in [2.75, 3.05) is 37.6 Å². The van der Waals surface area contributed by atoms with Crippen LogP contribution >= 0.6 is 0 Å². The third-order valence-electron chi connectivity index (χ3n) is 6.25. The minimum Gasteiger partial charge on any atom is -0.496 e. The van der Waals surface area contributed by atoms with Crippen LogP contribution in [0.15, 0.2) is 47.4 Å². The van der Waals surface area contributed by atoms with E-state index in [1.165, 1.54) is 23.5 Å². The van der Waals surface area contributed by atoms with Crippen LogP contribution in [0.5, 0.6) is 5.75 Å². The predicted octanol–water partition coefficient (Wildman–Crippen LogP) is 2.66. The van der Waals surface area contributed by atoms with Crippen LogP contribution in [0.25, 0.3) is 0 Å². The summed E-state index contributed by atoms with van der Waals surface area (Å²) in [6.45, 7) is 5.05. The van der Waals surface area contributed by atoms with Crippen LogP contribution in [-0.2, 0) is 16.4 Å². The van der Waals surface area contributed by atoms with Gasteiger partial charge in [-0.1, -0.05) is 25.1 Å². The summed E-state index contributed by atoms with van der Waals surface area (Å²) in [5.74, 6) is 0.0377. The van der Waals surface area contributed by atoms with Gasteiger partial charge in [-0.05, 0) is 62.2 Å². The van der Waals surface area contributed by atoms with Crippen LogP contribution in [0.3, 0.4) is 0 Å². The lowest BCUT2D eigenvalue weighted by molar-refractivity contribution is 0.0938. The second-order valence-electron chi connectivity index (χ2n) is 7.95. The fourth-order valence-corrected chi connectivity index (χ4v) is 6.09. The number of methoxy groups -OCH3 is 1. The quantitative estimate of drug-likeness (QED) is 0.712. The zero-order valence-corrected chi connectivity index (χ0v) is 18.8. The van der Waals surface area contributed by atoms with Crippen LogP contribution in [0, 0.1) is 0 Å². The van der Waals surface area contributed by atoms with Crippen molar-refractivity contribution < 1.29 is 17.9 Å². The summed E-state index contributed by atoms with van der Waals surface area (Å²) in [5.41, 5.74) is 1.94. The number of anilines is 1. The highest BCUT2D eigenvalue weighted by atomic mass is 32.2. The molecule has 0 radical (unpaired) electrons. The monoisotopic (exact) mass is 443 g/mol. The van der Waals surface area contributed by atoms with E-state index in [9.17, 15) is 13.2 Å². The third-order valence-corrected chi connectivity index (χ3v) is 8.06. The number of carbonyl (C=O) groups is 1. The number of rotatable bonds is 7. The fraction of sp³-hybridized carbons (Fsp3) is 0.435. The summed E-state index contributed by atoms with van der Waals surface area (Å²) in [4.78, 5) is 15.4. The van der Waals surface area contributed by atoms with Gasteiger partial charge in [0, 0.05) is 19.1 Å². The van der Waals surface area contributed by atoms with Crippen molar-refractivity contribution in [1.82, 2.24) is 10.2 Å². The minimum absolute atomic E-state index is 0.0891. The molecule has 1 unspecified atom stereocenters. The number of likely N-dealkylation sites (N-methyl/N-ethyl adjacent to an activating group) is 1. The molecule has 1 atom stereocenters. The van der Waals surface area contributed by atoms with E-state index in [0.29, 0.717) is 37.0 Å². The lowest BCUT2D eigenvalue weighted by Gasteiger charge is -2.23. The van der Waals surface area contributed by atoms with E-state index in [0.717, 1.165) is 31.5 Å². The van der Waals surface area contributed by atoms with E-state index in [1.54, 1.807) is 6.07 Å². The predicted molar refractivity (Wildman–Crippen MR) is 120 cm³/mol. The molecule has 7 nitrogen and oxygen atoms in total. The van der Waals surface area contributed by atoms with Crippen molar-refractivity contribution in [2.24, 2.45) is 0 Å². The van der Waals surface area contributed by atoms with Gasteiger partial charge in [0.05, 0.1) is 23.3 Å². The molecule has 0 spiro atoms. The number of benzene rings is 2. The number of carbonyl (C=O) groups excluding carboxylic acids is 1. The summed E-state index contributed by atoms with van der Waals surface area (Å²) >= 11 is 0. The van der Waals surface area contributed by atoms with Crippen LogP contribution in [-0.4, -0.2) is 58.6 Å². The van der Waals surface area contributed by atoms with E-state index in [2.05, 4.69) is 17.1 Å². The van der Waals surface area contributed by atoms with E-state index < -0.39 is 10.0 Å². The van der Waals surface area contributed by atoms with Crippen LogP contribution in [0.4, 0.5) is 5.69 Å². The molecule has 1 amide bonds. The number of nitrogens with zero attached hydrogens (tertiary/aromatic N) is 2. The lowest BCUT2D eigenvalue weighted by atomic mass is 10.1. The topological polar surface area (TPSA) is 79.0 Å². The summed E-state index contributed by atoms with van der Waals surface area (Å²) in [6, 6.07) is 12.3. The molecule has 1 fully saturated rings. The van der Waals surface area contributed by atoms with Crippen LogP contribution in [0.2, 0.25) is 0 Å². The lowest BCUT2D eigenvalue weighted by Crippen LogP contribution is -2.40. The van der Waals surface area contributed by atoms with Gasteiger partial charge in [0.2, 0.25) is 0 Å². The first-order chi connectivity index (χ1) is 15.0. The van der Waals surface area contributed by atoms with E-state index in [-0.39, 0.29) is 16.4 Å². The van der Waals surface area contributed by atoms with E-state index in [4.69, 9.17) is 4.74 Å². The Morgan fingerprint density at radius 2 is 2.00 bits per heavy atom. The molecule has 0 aliphatic carbocycles. The summed E-state index contributed by atoms with van der Waals surface area (Å²) in [5, 5.41) is 2.97. The Labute approximate surface area is 184 Å². The van der Waals surface area contributed by atoms with Crippen molar-refractivity contribution in [3.8, 4) is 5.75 Å². The number of nitrogens with one attached hydrogen (secondary N) is 1. The first-order valence-corrected chi connectivity index (χ1v) is 12.2. The zero-order chi connectivity index (χ0) is 22.0. The summed E-state index contributed by atoms with van der Waals surface area (Å²) in [7, 11) is -2.31. The van der Waals surface area contributed by atoms with Gasteiger partial charge in [-0.25, -0.2) is 8.42 Å². The Balaban J connectivity index is 1.58. The normalized spacial score (nSPS) is 18.8. The second-order valence-corrected chi connectivity index (χ2v) is 9.81. The molecule has 2 aliphatic heterocycles. The van der Waals surface area contributed by atoms with Crippen molar-refractivity contribution >= 4 is 21.6 Å². The van der Waals surface area contributed by atoms with Gasteiger partial charge in [-0.2, -0.15) is 0 Å². The number of likely N-dealkylation sites (tertiary alicyclic amines) is 1. The fourth-order valence-electron chi connectivity index (χ4n) is 4.56. The molecular formula is C23H29N3O4S. The Kier molecular flexibility index (Phi) is 6.20. The van der Waals surface area contributed by atoms with Crippen LogP contribution < -0.4 is 14.4 Å². The summed E-state index contributed by atoms with van der Waals surface area (Å²) in [6.07, 6.45) is 2.85. The van der Waals surface area contributed by atoms with Gasteiger partial charge in [0.15, 0.2) is 0 Å². The first-order valence-electron chi connectivity index (χ1n) is 10.8. The van der Waals surface area contributed by atoms with Crippen molar-refractivity contribution in [1.29, 1.82) is 0 Å². The van der Waals surface area contributed by atoms with Gasteiger partial charge in [-0.15, -0.1) is 0 Å². The SMILES string of the molecule is CCN1CCCC1CNC(=O)c1cc(S(=O)(=O)N2CCc3ccccc32)ccc1OC. The smallest absolute Gasteiger partial charge is 0.264 e. The Morgan fingerprint density at radius 1 is 1.19 bits per heavy atom. The Morgan fingerprint density at radius 3 is 2.77 bits per heavy atom. The van der Waals surface area contributed by atoms with Gasteiger partial charge < -0.3 is 10.1 Å². The molecule has 0 bridgehead atoms. The van der Waals surface area contributed by atoms with Gasteiger partial charge in [-0.3, -0.25) is 14.0 Å². The molecule has 1 saturated heterocycles. The molecule has 2 aliphatic rings. The molecule has 0 saturated carbocycles. The average Bonchev–Trinajstić information content (AvgIpc) is 3.43. The van der Waals surface area contributed by atoms with E-state index in [1.807, 2.05) is 24.3 Å². The Hall–Kier alpha value is -2.58. The molecule has 2 aromatic rings. The molecule has 0 aromatic heterocycles. The highest BCUT2D eigenvalue weighted by molar-refractivity contribution is 7.92. The number of para-hydroxylation sites is 1. The largest absolute Gasteiger partial charge is 0.496 e. The highest BCUT2D eigenvalue weighted by Gasteiger charge is 2.32. The standard InChI is InChI=1S/C23H29N3O4S/c1-3-25-13-6-8-18(25)16-24-23(27)20-15-19(10-11-22(20)30-2)31(28,29)26-14-12-17-7-4-5-9-21(17)26/h4-5,7,9-11,15,18H,3,6,8,12-14,16H2,1-2H3,(H,24,27). The average molecular weight is 444 g/mol. The zero-order valence-electron chi connectivity index (χ0n) is 18.0. The molecule has 8 heteroatoms. The molecular weight excluding hydrogens is 414 g/mol. The molecule has 1 N–H and O–H groups in total. The maximum Gasteiger partial charge on any atom is 0.264 e.